The Morgan fingerprint density at radius 3 is 2.58 bits per heavy atom. The molecule has 0 spiro atoms. The minimum absolute atomic E-state index is 0.238. The van der Waals surface area contributed by atoms with E-state index in [4.69, 9.17) is 5.11 Å². The van der Waals surface area contributed by atoms with E-state index >= 15 is 0 Å². The van der Waals surface area contributed by atoms with E-state index in [1.54, 1.807) is 6.07 Å². The predicted octanol–water partition coefficient (Wildman–Crippen LogP) is 3.67. The van der Waals surface area contributed by atoms with Gasteiger partial charge in [-0.25, -0.2) is 4.79 Å². The van der Waals surface area contributed by atoms with Gasteiger partial charge in [-0.3, -0.25) is 0 Å². The Balaban J connectivity index is 2.88. The van der Waals surface area contributed by atoms with Crippen molar-refractivity contribution in [3.8, 4) is 5.75 Å². The molecule has 0 bridgehead atoms. The van der Waals surface area contributed by atoms with E-state index in [1.165, 1.54) is 12.1 Å². The first-order valence-corrected chi connectivity index (χ1v) is 5.89. The number of carboxylic acid groups (broad SMARTS) is 1. The van der Waals surface area contributed by atoms with Crippen LogP contribution in [0.15, 0.2) is 18.2 Å². The molecule has 0 saturated carbocycles. The van der Waals surface area contributed by atoms with Crippen molar-refractivity contribution in [3.63, 3.8) is 0 Å². The van der Waals surface area contributed by atoms with Crippen LogP contribution in [0.3, 0.4) is 0 Å². The lowest BCUT2D eigenvalue weighted by molar-refractivity contribution is -0.153. The SMILES string of the molecule is CCCCc1ccc(OCC(F)(F)F)c(C(=O)O)c1. The van der Waals surface area contributed by atoms with Gasteiger partial charge in [0.15, 0.2) is 6.61 Å². The van der Waals surface area contributed by atoms with Crippen molar-refractivity contribution < 1.29 is 27.8 Å². The minimum Gasteiger partial charge on any atom is -0.483 e. The summed E-state index contributed by atoms with van der Waals surface area (Å²) < 4.78 is 40.7. The quantitative estimate of drug-likeness (QED) is 0.862. The van der Waals surface area contributed by atoms with Gasteiger partial charge in [-0.1, -0.05) is 19.4 Å². The van der Waals surface area contributed by atoms with Gasteiger partial charge in [0.05, 0.1) is 0 Å². The Morgan fingerprint density at radius 2 is 2.05 bits per heavy atom. The van der Waals surface area contributed by atoms with E-state index in [-0.39, 0.29) is 11.3 Å². The lowest BCUT2D eigenvalue weighted by atomic mass is 10.0. The van der Waals surface area contributed by atoms with Crippen molar-refractivity contribution >= 4 is 5.97 Å². The monoisotopic (exact) mass is 276 g/mol. The topological polar surface area (TPSA) is 46.5 Å². The van der Waals surface area contributed by atoms with Crippen molar-refractivity contribution in [1.82, 2.24) is 0 Å². The van der Waals surface area contributed by atoms with Crippen LogP contribution in [0.25, 0.3) is 0 Å². The maximum Gasteiger partial charge on any atom is 0.422 e. The Morgan fingerprint density at radius 1 is 1.37 bits per heavy atom. The molecule has 0 atom stereocenters. The summed E-state index contributed by atoms with van der Waals surface area (Å²) in [4.78, 5) is 11.0. The number of aryl methyl sites for hydroxylation is 1. The zero-order valence-electron chi connectivity index (χ0n) is 10.5. The molecule has 0 aliphatic carbocycles. The van der Waals surface area contributed by atoms with Gasteiger partial charge in [-0.15, -0.1) is 0 Å². The summed E-state index contributed by atoms with van der Waals surface area (Å²) in [6, 6.07) is 4.23. The van der Waals surface area contributed by atoms with Gasteiger partial charge in [0.2, 0.25) is 0 Å². The molecule has 1 aromatic carbocycles. The first-order valence-electron chi connectivity index (χ1n) is 5.89. The number of unbranched alkanes of at least 4 members (excludes halogenated alkanes) is 1. The largest absolute Gasteiger partial charge is 0.483 e. The van der Waals surface area contributed by atoms with Crippen LogP contribution >= 0.6 is 0 Å². The third-order valence-corrected chi connectivity index (χ3v) is 2.48. The summed E-state index contributed by atoms with van der Waals surface area (Å²) in [7, 11) is 0. The zero-order chi connectivity index (χ0) is 14.5. The van der Waals surface area contributed by atoms with E-state index in [2.05, 4.69) is 4.74 Å². The van der Waals surface area contributed by atoms with Crippen LogP contribution in [-0.2, 0) is 6.42 Å². The van der Waals surface area contributed by atoms with E-state index in [1.807, 2.05) is 6.92 Å². The van der Waals surface area contributed by atoms with Crippen LogP contribution < -0.4 is 4.74 Å². The number of ether oxygens (including phenoxy) is 1. The van der Waals surface area contributed by atoms with Crippen molar-refractivity contribution in [2.45, 2.75) is 32.4 Å². The Labute approximate surface area is 109 Å². The number of alkyl halides is 3. The summed E-state index contributed by atoms with van der Waals surface area (Å²) in [5.74, 6) is -1.56. The summed E-state index contributed by atoms with van der Waals surface area (Å²) in [6.45, 7) is 0.501. The fourth-order valence-electron chi connectivity index (χ4n) is 1.57. The van der Waals surface area contributed by atoms with E-state index in [0.717, 1.165) is 18.4 Å². The third-order valence-electron chi connectivity index (χ3n) is 2.48. The average Bonchev–Trinajstić information content (AvgIpc) is 2.33. The van der Waals surface area contributed by atoms with Crippen molar-refractivity contribution in [2.75, 3.05) is 6.61 Å². The fraction of sp³-hybridized carbons (Fsp3) is 0.462. The normalized spacial score (nSPS) is 11.4. The molecule has 1 aromatic rings. The zero-order valence-corrected chi connectivity index (χ0v) is 10.5. The predicted molar refractivity (Wildman–Crippen MR) is 63.6 cm³/mol. The number of halogens is 3. The molecule has 0 unspecified atom stereocenters. The highest BCUT2D eigenvalue weighted by atomic mass is 19.4. The molecule has 1 rings (SSSR count). The van der Waals surface area contributed by atoms with Crippen molar-refractivity contribution in [1.29, 1.82) is 0 Å². The molecule has 0 heterocycles. The fourth-order valence-corrected chi connectivity index (χ4v) is 1.57. The molecule has 0 fully saturated rings. The first kappa shape index (κ1) is 15.3. The average molecular weight is 276 g/mol. The van der Waals surface area contributed by atoms with E-state index in [9.17, 15) is 18.0 Å². The second-order valence-electron chi connectivity index (χ2n) is 4.14. The number of carboxylic acids is 1. The smallest absolute Gasteiger partial charge is 0.422 e. The number of benzene rings is 1. The van der Waals surface area contributed by atoms with Gasteiger partial charge in [0.25, 0.3) is 0 Å². The number of carbonyl (C=O) groups is 1. The lowest BCUT2D eigenvalue weighted by Crippen LogP contribution is -2.20. The van der Waals surface area contributed by atoms with Crippen LogP contribution in [0.1, 0.15) is 35.7 Å². The standard InChI is InChI=1S/C13H15F3O3/c1-2-3-4-9-5-6-11(10(7-9)12(17)18)19-8-13(14,15)16/h5-7H,2-4,8H2,1H3,(H,17,18). The molecule has 1 N–H and O–H groups in total. The van der Waals surface area contributed by atoms with Crippen LogP contribution in [0.4, 0.5) is 13.2 Å². The number of aromatic carboxylic acids is 1. The molecule has 0 saturated heterocycles. The highest BCUT2D eigenvalue weighted by Gasteiger charge is 2.29. The van der Waals surface area contributed by atoms with E-state index < -0.39 is 18.8 Å². The van der Waals surface area contributed by atoms with Crippen molar-refractivity contribution in [3.05, 3.63) is 29.3 Å². The number of rotatable bonds is 6. The molecular formula is C13H15F3O3. The van der Waals surface area contributed by atoms with E-state index in [0.29, 0.717) is 6.42 Å². The maximum absolute atomic E-state index is 12.0. The highest BCUT2D eigenvalue weighted by molar-refractivity contribution is 5.91. The lowest BCUT2D eigenvalue weighted by Gasteiger charge is -2.12. The summed E-state index contributed by atoms with van der Waals surface area (Å²) in [6.07, 6.45) is -1.95. The molecule has 6 heteroatoms. The van der Waals surface area contributed by atoms with Gasteiger partial charge in [0.1, 0.15) is 11.3 Å². The van der Waals surface area contributed by atoms with Crippen molar-refractivity contribution in [2.24, 2.45) is 0 Å². The molecule has 0 amide bonds. The summed E-state index contributed by atoms with van der Waals surface area (Å²) in [5, 5.41) is 8.98. The highest BCUT2D eigenvalue weighted by Crippen LogP contribution is 2.24. The molecule has 19 heavy (non-hydrogen) atoms. The third kappa shape index (κ3) is 5.19. The molecule has 0 aliphatic heterocycles. The molecule has 0 aliphatic rings. The molecule has 0 aromatic heterocycles. The van der Waals surface area contributed by atoms with Crippen LogP contribution in [-0.4, -0.2) is 23.9 Å². The molecule has 106 valence electrons. The van der Waals surface area contributed by atoms with Gasteiger partial charge >= 0.3 is 12.1 Å². The van der Waals surface area contributed by atoms with Gasteiger partial charge in [-0.05, 0) is 30.5 Å². The molecular weight excluding hydrogens is 261 g/mol. The minimum atomic E-state index is -4.49. The van der Waals surface area contributed by atoms with Gasteiger partial charge in [-0.2, -0.15) is 13.2 Å². The summed E-state index contributed by atoms with van der Waals surface area (Å²) >= 11 is 0. The number of hydrogen-bond acceptors (Lipinski definition) is 2. The second-order valence-corrected chi connectivity index (χ2v) is 4.14. The van der Waals surface area contributed by atoms with Crippen LogP contribution in [0, 0.1) is 0 Å². The molecule has 0 radical (unpaired) electrons. The van der Waals surface area contributed by atoms with Crippen LogP contribution in [0.5, 0.6) is 5.75 Å². The van der Waals surface area contributed by atoms with Gasteiger partial charge < -0.3 is 9.84 Å². The Bertz CT molecular complexity index is 441. The Kier molecular flexibility index (Phi) is 5.20. The van der Waals surface area contributed by atoms with Gasteiger partial charge in [0, 0.05) is 0 Å². The Hall–Kier alpha value is -1.72. The number of hydrogen-bond donors (Lipinski definition) is 1. The molecule has 3 nitrogen and oxygen atoms in total. The summed E-state index contributed by atoms with van der Waals surface area (Å²) in [5.41, 5.74) is 0.538. The maximum atomic E-state index is 12.0. The first-order chi connectivity index (χ1) is 8.83. The second kappa shape index (κ2) is 6.45. The van der Waals surface area contributed by atoms with Crippen LogP contribution in [0.2, 0.25) is 0 Å².